The van der Waals surface area contributed by atoms with Crippen LogP contribution in [-0.2, 0) is 4.74 Å². The minimum absolute atomic E-state index is 0.00817. The van der Waals surface area contributed by atoms with Crippen molar-refractivity contribution in [3.05, 3.63) is 101 Å². The largest absolute Gasteiger partial charge is 0.444 e. The Bertz CT molecular complexity index is 1900. The Labute approximate surface area is 279 Å². The van der Waals surface area contributed by atoms with E-state index in [1.165, 1.54) is 0 Å². The van der Waals surface area contributed by atoms with E-state index in [0.29, 0.717) is 27.9 Å². The highest BCUT2D eigenvalue weighted by Crippen LogP contribution is 2.39. The smallest absolute Gasteiger partial charge is 0.412 e. The second kappa shape index (κ2) is 13.5. The molecule has 3 aromatic carbocycles. The van der Waals surface area contributed by atoms with Crippen LogP contribution in [0.2, 0.25) is 5.02 Å². The molecule has 3 N–H and O–H groups in total. The second-order valence-corrected chi connectivity index (χ2v) is 13.3. The molecule has 2 aromatic heterocycles. The first-order valence-electron chi connectivity index (χ1n) is 15.9. The summed E-state index contributed by atoms with van der Waals surface area (Å²) in [7, 11) is 0. The molecule has 2 atom stereocenters. The third-order valence-corrected chi connectivity index (χ3v) is 8.52. The van der Waals surface area contributed by atoms with Crippen molar-refractivity contribution in [1.82, 2.24) is 19.9 Å². The summed E-state index contributed by atoms with van der Waals surface area (Å²) in [6, 6.07) is 25.4. The van der Waals surface area contributed by atoms with E-state index in [9.17, 15) is 9.59 Å². The van der Waals surface area contributed by atoms with E-state index in [1.54, 1.807) is 51.2 Å². The van der Waals surface area contributed by atoms with Crippen molar-refractivity contribution in [2.75, 3.05) is 10.6 Å². The molecule has 1 saturated carbocycles. The predicted octanol–water partition coefficient (Wildman–Crippen LogP) is 8.55. The van der Waals surface area contributed by atoms with Crippen molar-refractivity contribution < 1.29 is 14.3 Å². The molecular weight excluding hydrogens is 612 g/mol. The molecule has 2 heterocycles. The van der Waals surface area contributed by atoms with Crippen molar-refractivity contribution in [2.24, 2.45) is 0 Å². The van der Waals surface area contributed by atoms with Crippen LogP contribution in [0.15, 0.2) is 85.1 Å². The Balaban J connectivity index is 1.14. The van der Waals surface area contributed by atoms with Gasteiger partial charge in [-0.25, -0.2) is 14.8 Å². The number of hydrogen-bond acceptors (Lipinski definition) is 6. The van der Waals surface area contributed by atoms with Crippen LogP contribution < -0.4 is 16.0 Å². The lowest BCUT2D eigenvalue weighted by atomic mass is 9.91. The maximum atomic E-state index is 13.1. The fourth-order valence-electron chi connectivity index (χ4n) is 6.22. The molecule has 0 unspecified atom stereocenters. The Morgan fingerprint density at radius 1 is 0.936 bits per heavy atom. The molecule has 0 radical (unpaired) electrons. The summed E-state index contributed by atoms with van der Waals surface area (Å²) < 4.78 is 7.53. The molecule has 0 bridgehead atoms. The molecule has 5 aromatic rings. The number of nitrogens with zero attached hydrogens (tertiary/aromatic N) is 3. The van der Waals surface area contributed by atoms with E-state index >= 15 is 0 Å². The molecule has 242 valence electrons. The summed E-state index contributed by atoms with van der Waals surface area (Å²) in [5.41, 5.74) is 5.32. The number of rotatable bonds is 7. The van der Waals surface area contributed by atoms with Crippen molar-refractivity contribution in [2.45, 2.75) is 71.1 Å². The molecule has 1 fully saturated rings. The van der Waals surface area contributed by atoms with E-state index in [2.05, 4.69) is 56.7 Å². The number of ether oxygens (including phenoxy) is 1. The summed E-state index contributed by atoms with van der Waals surface area (Å²) in [4.78, 5) is 34.6. The van der Waals surface area contributed by atoms with Crippen LogP contribution in [0.4, 0.5) is 16.4 Å². The van der Waals surface area contributed by atoms with Gasteiger partial charge in [0.25, 0.3) is 5.91 Å². The number of fused-ring (bicyclic) bond motifs is 1. The molecular formula is C37H39ClN6O3. The van der Waals surface area contributed by atoms with Gasteiger partial charge >= 0.3 is 6.09 Å². The summed E-state index contributed by atoms with van der Waals surface area (Å²) >= 11 is 6.76. The van der Waals surface area contributed by atoms with Gasteiger partial charge in [-0.3, -0.25) is 10.1 Å². The van der Waals surface area contributed by atoms with E-state index in [0.717, 1.165) is 53.5 Å². The number of halogens is 1. The van der Waals surface area contributed by atoms with E-state index in [-0.39, 0.29) is 18.0 Å². The molecule has 47 heavy (non-hydrogen) atoms. The maximum Gasteiger partial charge on any atom is 0.412 e. The van der Waals surface area contributed by atoms with Crippen molar-refractivity contribution >= 4 is 46.1 Å². The summed E-state index contributed by atoms with van der Waals surface area (Å²) in [6.45, 7) is 7.50. The van der Waals surface area contributed by atoms with Crippen molar-refractivity contribution in [3.63, 3.8) is 0 Å². The predicted molar refractivity (Wildman–Crippen MR) is 187 cm³/mol. The van der Waals surface area contributed by atoms with Gasteiger partial charge in [-0.05, 0) is 95.8 Å². The molecule has 0 saturated heterocycles. The SMILES string of the molecule is Cc1c(-c2nc(N[C@@H]3CCC[C@H](NC(=O)c4ccc(NC(=O)OC(C)(C)C)cc4)C3)ncc2Cl)c2ccccc2n1-c1ccccc1. The first-order chi connectivity index (χ1) is 22.6. The van der Waals surface area contributed by atoms with Gasteiger partial charge in [0, 0.05) is 45.7 Å². The molecule has 0 spiro atoms. The van der Waals surface area contributed by atoms with Crippen molar-refractivity contribution in [1.29, 1.82) is 0 Å². The van der Waals surface area contributed by atoms with E-state index in [4.69, 9.17) is 21.3 Å². The molecule has 6 rings (SSSR count). The minimum Gasteiger partial charge on any atom is -0.444 e. The van der Waals surface area contributed by atoms with E-state index in [1.807, 2.05) is 30.3 Å². The third-order valence-electron chi connectivity index (χ3n) is 8.24. The van der Waals surface area contributed by atoms with Gasteiger partial charge in [-0.15, -0.1) is 0 Å². The highest BCUT2D eigenvalue weighted by atomic mass is 35.5. The minimum atomic E-state index is -0.595. The zero-order valence-corrected chi connectivity index (χ0v) is 27.8. The van der Waals surface area contributed by atoms with Crippen LogP contribution in [0.5, 0.6) is 0 Å². The van der Waals surface area contributed by atoms with Crippen LogP contribution in [0.1, 0.15) is 62.5 Å². The zero-order valence-electron chi connectivity index (χ0n) is 27.0. The van der Waals surface area contributed by atoms with E-state index < -0.39 is 11.7 Å². The third kappa shape index (κ3) is 7.41. The van der Waals surface area contributed by atoms with Crippen LogP contribution in [0.25, 0.3) is 27.8 Å². The van der Waals surface area contributed by atoms with Gasteiger partial charge in [-0.2, -0.15) is 0 Å². The number of para-hydroxylation sites is 2. The van der Waals surface area contributed by atoms with Crippen LogP contribution in [0.3, 0.4) is 0 Å². The monoisotopic (exact) mass is 650 g/mol. The first-order valence-corrected chi connectivity index (χ1v) is 16.3. The quantitative estimate of drug-likeness (QED) is 0.163. The standard InChI is InChI=1S/C37H39ClN6O3/c1-23-32(29-15-8-9-16-31(29)44(23)28-13-6-5-7-14-28)33-30(38)22-39-35(43-33)41-27-12-10-11-26(21-27)40-34(45)24-17-19-25(20-18-24)42-36(46)47-37(2,3)4/h5-9,13-20,22,26-27H,10-12,21H2,1-4H3,(H,40,45)(H,42,46)(H,39,41,43)/t26-,27+/m0/s1. The number of hydrogen-bond donors (Lipinski definition) is 3. The molecule has 0 aliphatic heterocycles. The van der Waals surface area contributed by atoms with Crippen LogP contribution >= 0.6 is 11.6 Å². The van der Waals surface area contributed by atoms with Gasteiger partial charge in [0.2, 0.25) is 5.95 Å². The molecule has 2 amide bonds. The van der Waals surface area contributed by atoms with Crippen molar-refractivity contribution in [3.8, 4) is 16.9 Å². The fraction of sp³-hybridized carbons (Fsp3) is 0.297. The lowest BCUT2D eigenvalue weighted by Gasteiger charge is -2.30. The Kier molecular flexibility index (Phi) is 9.18. The van der Waals surface area contributed by atoms with Gasteiger partial charge < -0.3 is 19.9 Å². The molecule has 9 nitrogen and oxygen atoms in total. The average Bonchev–Trinajstić information content (AvgIpc) is 3.33. The lowest BCUT2D eigenvalue weighted by molar-refractivity contribution is 0.0635. The molecule has 10 heteroatoms. The number of anilines is 2. The summed E-state index contributed by atoms with van der Waals surface area (Å²) in [5, 5.41) is 10.9. The highest BCUT2D eigenvalue weighted by Gasteiger charge is 2.26. The zero-order chi connectivity index (χ0) is 33.1. The summed E-state index contributed by atoms with van der Waals surface area (Å²) in [6.07, 6.45) is 4.62. The topological polar surface area (TPSA) is 110 Å². The number of aromatic nitrogens is 3. The number of benzene rings is 3. The Morgan fingerprint density at radius 3 is 2.38 bits per heavy atom. The molecule has 1 aliphatic rings. The summed E-state index contributed by atoms with van der Waals surface area (Å²) in [5.74, 6) is 0.347. The fourth-order valence-corrected chi connectivity index (χ4v) is 6.40. The Morgan fingerprint density at radius 2 is 1.64 bits per heavy atom. The molecule has 1 aliphatic carbocycles. The Hall–Kier alpha value is -4.89. The second-order valence-electron chi connectivity index (χ2n) is 12.9. The van der Waals surface area contributed by atoms with Crippen LogP contribution in [-0.4, -0.2) is 44.2 Å². The number of carbonyl (C=O) groups excluding carboxylic acids is 2. The number of amides is 2. The van der Waals surface area contributed by atoms with Gasteiger partial charge in [0.05, 0.1) is 22.4 Å². The highest BCUT2D eigenvalue weighted by molar-refractivity contribution is 6.33. The number of carbonyl (C=O) groups is 2. The number of nitrogens with one attached hydrogen (secondary N) is 3. The van der Waals surface area contributed by atoms with Gasteiger partial charge in [-0.1, -0.05) is 48.0 Å². The average molecular weight is 651 g/mol. The van der Waals surface area contributed by atoms with Gasteiger partial charge in [0.15, 0.2) is 0 Å². The first kappa shape index (κ1) is 32.1. The van der Waals surface area contributed by atoms with Crippen LogP contribution in [0, 0.1) is 6.92 Å². The lowest BCUT2D eigenvalue weighted by Crippen LogP contribution is -2.42. The maximum absolute atomic E-state index is 13.1. The van der Waals surface area contributed by atoms with Gasteiger partial charge in [0.1, 0.15) is 5.60 Å². The normalized spacial score (nSPS) is 16.4.